The number of rotatable bonds is 4. The second kappa shape index (κ2) is 7.31. The van der Waals surface area contributed by atoms with Crippen LogP contribution in [-0.4, -0.2) is 23.0 Å². The highest BCUT2D eigenvalue weighted by atomic mass is 35.5. The summed E-state index contributed by atoms with van der Waals surface area (Å²) in [7, 11) is 2.22. The lowest BCUT2D eigenvalue weighted by Crippen LogP contribution is -2.35. The van der Waals surface area contributed by atoms with Crippen LogP contribution in [0.1, 0.15) is 43.9 Å². The van der Waals surface area contributed by atoms with Crippen LogP contribution in [0.5, 0.6) is 0 Å². The third-order valence-electron chi connectivity index (χ3n) is 4.00. The molecule has 2 rings (SSSR count). The third kappa shape index (κ3) is 4.11. The molecule has 0 aromatic carbocycles. The zero-order valence-electron chi connectivity index (χ0n) is 11.3. The molecule has 1 unspecified atom stereocenters. The molecule has 1 fully saturated rings. The van der Waals surface area contributed by atoms with Gasteiger partial charge >= 0.3 is 0 Å². The average molecular weight is 290 g/mol. The molecule has 1 heterocycles. The summed E-state index contributed by atoms with van der Waals surface area (Å²) < 4.78 is 0. The maximum atomic E-state index is 5.66. The van der Waals surface area contributed by atoms with E-state index >= 15 is 0 Å². The zero-order chi connectivity index (χ0) is 12.3. The fourth-order valence-electron chi connectivity index (χ4n) is 2.76. The van der Waals surface area contributed by atoms with Crippen LogP contribution >= 0.6 is 23.7 Å². The maximum Gasteiger partial charge on any atom is 0.180 e. The Morgan fingerprint density at radius 2 is 2.11 bits per heavy atom. The van der Waals surface area contributed by atoms with E-state index < -0.39 is 0 Å². The van der Waals surface area contributed by atoms with Gasteiger partial charge in [0.05, 0.1) is 0 Å². The number of nitrogens with two attached hydrogens (primary N) is 1. The van der Waals surface area contributed by atoms with Gasteiger partial charge < -0.3 is 5.73 Å². The van der Waals surface area contributed by atoms with Crippen molar-refractivity contribution in [2.45, 2.75) is 51.6 Å². The Labute approximate surface area is 120 Å². The van der Waals surface area contributed by atoms with Crippen molar-refractivity contribution in [2.75, 3.05) is 12.8 Å². The number of thiazole rings is 1. The second-order valence-electron chi connectivity index (χ2n) is 5.22. The Kier molecular flexibility index (Phi) is 6.39. The molecule has 1 saturated carbocycles. The van der Waals surface area contributed by atoms with Crippen molar-refractivity contribution in [3.63, 3.8) is 0 Å². The summed E-state index contributed by atoms with van der Waals surface area (Å²) in [6.07, 6.45) is 8.96. The predicted octanol–water partition coefficient (Wildman–Crippen LogP) is 3.55. The predicted molar refractivity (Wildman–Crippen MR) is 81.3 cm³/mol. The topological polar surface area (TPSA) is 42.2 Å². The van der Waals surface area contributed by atoms with Crippen molar-refractivity contribution in [1.29, 1.82) is 0 Å². The van der Waals surface area contributed by atoms with Gasteiger partial charge in [-0.15, -0.1) is 23.7 Å². The monoisotopic (exact) mass is 289 g/mol. The highest BCUT2D eigenvalue weighted by molar-refractivity contribution is 7.15. The molecule has 104 valence electrons. The van der Waals surface area contributed by atoms with Crippen molar-refractivity contribution in [3.05, 3.63) is 11.1 Å². The van der Waals surface area contributed by atoms with Gasteiger partial charge in [-0.2, -0.15) is 0 Å². The fraction of sp³-hybridized carbons (Fsp3) is 0.769. The molecule has 0 bridgehead atoms. The number of anilines is 1. The molecule has 5 heteroatoms. The molecule has 1 aromatic rings. The van der Waals surface area contributed by atoms with Crippen LogP contribution in [0.2, 0.25) is 0 Å². The van der Waals surface area contributed by atoms with Crippen LogP contribution in [0.25, 0.3) is 0 Å². The molecule has 1 aliphatic carbocycles. The van der Waals surface area contributed by atoms with Gasteiger partial charge in [-0.3, -0.25) is 4.90 Å². The Bertz CT molecular complexity index is 350. The first-order valence-corrected chi connectivity index (χ1v) is 7.39. The van der Waals surface area contributed by atoms with Gasteiger partial charge in [0.1, 0.15) is 0 Å². The van der Waals surface area contributed by atoms with Crippen LogP contribution in [0.4, 0.5) is 5.13 Å². The summed E-state index contributed by atoms with van der Waals surface area (Å²) in [5.74, 6) is 0.874. The van der Waals surface area contributed by atoms with Crippen molar-refractivity contribution >= 4 is 28.9 Å². The first kappa shape index (κ1) is 15.7. The summed E-state index contributed by atoms with van der Waals surface area (Å²) in [6, 6.07) is 0.665. The zero-order valence-corrected chi connectivity index (χ0v) is 12.9. The Balaban J connectivity index is 0.00000162. The van der Waals surface area contributed by atoms with Gasteiger partial charge in [-0.1, -0.05) is 19.3 Å². The minimum atomic E-state index is 0. The quantitative estimate of drug-likeness (QED) is 0.922. The molecule has 18 heavy (non-hydrogen) atoms. The fourth-order valence-corrected chi connectivity index (χ4v) is 3.51. The largest absolute Gasteiger partial charge is 0.375 e. The lowest BCUT2D eigenvalue weighted by atomic mass is 9.84. The molecule has 1 aromatic heterocycles. The molecule has 0 amide bonds. The highest BCUT2D eigenvalue weighted by Gasteiger charge is 2.23. The summed E-state index contributed by atoms with van der Waals surface area (Å²) in [4.78, 5) is 7.83. The van der Waals surface area contributed by atoms with Gasteiger partial charge in [-0.05, 0) is 32.7 Å². The van der Waals surface area contributed by atoms with Crippen LogP contribution in [0, 0.1) is 5.92 Å². The number of hydrogen-bond donors (Lipinski definition) is 1. The van der Waals surface area contributed by atoms with E-state index in [1.165, 1.54) is 37.0 Å². The Hall–Kier alpha value is -0.320. The van der Waals surface area contributed by atoms with E-state index in [2.05, 4.69) is 23.9 Å². The van der Waals surface area contributed by atoms with Crippen molar-refractivity contribution in [2.24, 2.45) is 5.92 Å². The number of aromatic nitrogens is 1. The molecule has 3 nitrogen and oxygen atoms in total. The van der Waals surface area contributed by atoms with E-state index in [4.69, 9.17) is 5.73 Å². The van der Waals surface area contributed by atoms with Gasteiger partial charge in [-0.25, -0.2) is 4.98 Å². The van der Waals surface area contributed by atoms with E-state index in [1.807, 2.05) is 6.20 Å². The first-order chi connectivity index (χ1) is 8.16. The number of nitrogen functional groups attached to an aromatic ring is 1. The van der Waals surface area contributed by atoms with Gasteiger partial charge in [0.2, 0.25) is 0 Å². The van der Waals surface area contributed by atoms with Crippen LogP contribution in [0.15, 0.2) is 6.20 Å². The number of nitrogens with zero attached hydrogens (tertiary/aromatic N) is 2. The first-order valence-electron chi connectivity index (χ1n) is 6.57. The molecule has 0 radical (unpaired) electrons. The lowest BCUT2D eigenvalue weighted by molar-refractivity contribution is 0.152. The van der Waals surface area contributed by atoms with Crippen molar-refractivity contribution in [3.8, 4) is 0 Å². The summed E-state index contributed by atoms with van der Waals surface area (Å²) in [6.45, 7) is 3.34. The summed E-state index contributed by atoms with van der Waals surface area (Å²) >= 11 is 1.61. The molecule has 2 N–H and O–H groups in total. The van der Waals surface area contributed by atoms with Crippen molar-refractivity contribution < 1.29 is 0 Å². The van der Waals surface area contributed by atoms with Gasteiger partial charge in [0, 0.05) is 23.7 Å². The smallest absolute Gasteiger partial charge is 0.180 e. The molecule has 0 saturated heterocycles. The van der Waals surface area contributed by atoms with Crippen molar-refractivity contribution in [1.82, 2.24) is 9.88 Å². The lowest BCUT2D eigenvalue weighted by Gasteiger charge is -2.34. The average Bonchev–Trinajstić information content (AvgIpc) is 2.75. The number of hydrogen-bond acceptors (Lipinski definition) is 4. The van der Waals surface area contributed by atoms with Crippen LogP contribution in [0.3, 0.4) is 0 Å². The maximum absolute atomic E-state index is 5.66. The van der Waals surface area contributed by atoms with Crippen LogP contribution in [-0.2, 0) is 6.54 Å². The SMILES string of the molecule is CC(C1CCCCC1)N(C)Cc1cnc(N)s1.Cl. The molecule has 1 atom stereocenters. The highest BCUT2D eigenvalue weighted by Crippen LogP contribution is 2.29. The molecule has 1 aliphatic rings. The molecular formula is C13H24ClN3S. The standard InChI is InChI=1S/C13H23N3S.ClH/c1-10(11-6-4-3-5-7-11)16(2)9-12-8-15-13(14)17-12;/h8,10-11H,3-7,9H2,1-2H3,(H2,14,15);1H. The Morgan fingerprint density at radius 3 is 2.67 bits per heavy atom. The summed E-state index contributed by atoms with van der Waals surface area (Å²) in [5.41, 5.74) is 5.66. The number of halogens is 1. The third-order valence-corrected chi connectivity index (χ3v) is 4.82. The van der Waals surface area contributed by atoms with E-state index in [0.717, 1.165) is 12.5 Å². The van der Waals surface area contributed by atoms with E-state index in [1.54, 1.807) is 11.3 Å². The molecule has 0 spiro atoms. The summed E-state index contributed by atoms with van der Waals surface area (Å²) in [5, 5.41) is 0.679. The Morgan fingerprint density at radius 1 is 1.44 bits per heavy atom. The molecular weight excluding hydrogens is 266 g/mol. The normalized spacial score (nSPS) is 18.6. The van der Waals surface area contributed by atoms with Gasteiger partial charge in [0.25, 0.3) is 0 Å². The van der Waals surface area contributed by atoms with E-state index in [0.29, 0.717) is 11.2 Å². The van der Waals surface area contributed by atoms with Crippen LogP contribution < -0.4 is 5.73 Å². The second-order valence-corrected chi connectivity index (χ2v) is 6.37. The van der Waals surface area contributed by atoms with Gasteiger partial charge in [0.15, 0.2) is 5.13 Å². The van der Waals surface area contributed by atoms with E-state index in [-0.39, 0.29) is 12.4 Å². The molecule has 0 aliphatic heterocycles. The minimum absolute atomic E-state index is 0. The minimum Gasteiger partial charge on any atom is -0.375 e. The van der Waals surface area contributed by atoms with E-state index in [9.17, 15) is 0 Å².